The highest BCUT2D eigenvalue weighted by molar-refractivity contribution is 5.96. The molecule has 1 heterocycles. The number of rotatable bonds is 9. The molecular weight excluding hydrogens is 486 g/mol. The second kappa shape index (κ2) is 12.6. The molecule has 0 aliphatic carbocycles. The first-order chi connectivity index (χ1) is 19.1. The molecule has 1 aliphatic rings. The van der Waals surface area contributed by atoms with Crippen LogP contribution in [0.2, 0.25) is 0 Å². The zero-order valence-electron chi connectivity index (χ0n) is 22.4. The zero-order chi connectivity index (χ0) is 27.0. The standard InChI is InChI=1S/C33H35N3O3/c1-25(30-16-8-12-27-11-5-6-15-31(27)30)34-33(38)28-13-7-14-29(23-28)36-21-19-35(20-22-36)18-17-32(37)39-24-26-9-3-2-4-10-26/h2-16,23,25H,17-22,24H2,1H3,(H,34,38)/t25-/m1/s1. The number of benzene rings is 4. The van der Waals surface area contributed by atoms with E-state index in [1.807, 2.05) is 73.7 Å². The molecule has 5 rings (SSSR count). The smallest absolute Gasteiger partial charge is 0.307 e. The molecular formula is C33H35N3O3. The highest BCUT2D eigenvalue weighted by atomic mass is 16.5. The van der Waals surface area contributed by atoms with Crippen LogP contribution in [0.3, 0.4) is 0 Å². The van der Waals surface area contributed by atoms with Crippen molar-refractivity contribution in [3.8, 4) is 0 Å². The lowest BCUT2D eigenvalue weighted by Gasteiger charge is -2.36. The Hall–Kier alpha value is -4.16. The Bertz CT molecular complexity index is 1410. The van der Waals surface area contributed by atoms with Gasteiger partial charge in [0.2, 0.25) is 0 Å². The molecule has 0 radical (unpaired) electrons. The molecule has 0 unspecified atom stereocenters. The van der Waals surface area contributed by atoms with E-state index in [-0.39, 0.29) is 17.9 Å². The fraction of sp³-hybridized carbons (Fsp3) is 0.273. The molecule has 0 spiro atoms. The number of ether oxygens (including phenoxy) is 1. The van der Waals surface area contributed by atoms with Gasteiger partial charge in [-0.05, 0) is 47.0 Å². The molecule has 0 saturated carbocycles. The van der Waals surface area contributed by atoms with E-state index in [1.54, 1.807) is 0 Å². The number of nitrogens with one attached hydrogen (secondary N) is 1. The van der Waals surface area contributed by atoms with Gasteiger partial charge in [-0.2, -0.15) is 0 Å². The minimum absolute atomic E-state index is 0.0788. The maximum absolute atomic E-state index is 13.2. The van der Waals surface area contributed by atoms with Crippen molar-refractivity contribution in [1.29, 1.82) is 0 Å². The second-order valence-electron chi connectivity index (χ2n) is 10.0. The van der Waals surface area contributed by atoms with Gasteiger partial charge in [-0.15, -0.1) is 0 Å². The maximum Gasteiger partial charge on any atom is 0.307 e. The lowest BCUT2D eigenvalue weighted by atomic mass is 9.99. The Morgan fingerprint density at radius 2 is 1.56 bits per heavy atom. The Balaban J connectivity index is 1.11. The normalized spacial score (nSPS) is 14.6. The Labute approximate surface area is 230 Å². The molecule has 1 atom stereocenters. The molecule has 200 valence electrons. The summed E-state index contributed by atoms with van der Waals surface area (Å²) in [5, 5.41) is 5.50. The van der Waals surface area contributed by atoms with E-state index in [1.165, 1.54) is 5.39 Å². The van der Waals surface area contributed by atoms with Gasteiger partial charge in [-0.3, -0.25) is 14.5 Å². The number of fused-ring (bicyclic) bond motifs is 1. The van der Waals surface area contributed by atoms with Gasteiger partial charge in [0.05, 0.1) is 12.5 Å². The molecule has 1 saturated heterocycles. The van der Waals surface area contributed by atoms with E-state index in [9.17, 15) is 9.59 Å². The molecule has 4 aromatic rings. The topological polar surface area (TPSA) is 61.9 Å². The lowest BCUT2D eigenvalue weighted by molar-refractivity contribution is -0.145. The van der Waals surface area contributed by atoms with Crippen LogP contribution in [-0.4, -0.2) is 49.5 Å². The van der Waals surface area contributed by atoms with Gasteiger partial charge < -0.3 is 15.0 Å². The van der Waals surface area contributed by atoms with Crippen LogP contribution in [-0.2, 0) is 16.1 Å². The van der Waals surface area contributed by atoms with Gasteiger partial charge in [0, 0.05) is 44.0 Å². The molecule has 0 bridgehead atoms. The van der Waals surface area contributed by atoms with Crippen molar-refractivity contribution < 1.29 is 14.3 Å². The van der Waals surface area contributed by atoms with Crippen LogP contribution in [0, 0.1) is 0 Å². The van der Waals surface area contributed by atoms with Gasteiger partial charge in [0.25, 0.3) is 5.91 Å². The van der Waals surface area contributed by atoms with Crippen molar-refractivity contribution in [3.05, 3.63) is 114 Å². The number of nitrogens with zero attached hydrogens (tertiary/aromatic N) is 2. The SMILES string of the molecule is C[C@@H](NC(=O)c1cccc(N2CCN(CCC(=O)OCc3ccccc3)CC2)c1)c1cccc2ccccc12. The summed E-state index contributed by atoms with van der Waals surface area (Å²) in [7, 11) is 0. The number of piperazine rings is 1. The third kappa shape index (κ3) is 6.84. The van der Waals surface area contributed by atoms with Gasteiger partial charge in [-0.1, -0.05) is 78.9 Å². The quantitative estimate of drug-likeness (QED) is 0.291. The molecule has 1 N–H and O–H groups in total. The third-order valence-electron chi connectivity index (χ3n) is 7.36. The molecule has 39 heavy (non-hydrogen) atoms. The predicted molar refractivity (Wildman–Crippen MR) is 156 cm³/mol. The summed E-state index contributed by atoms with van der Waals surface area (Å²) in [6, 6.07) is 31.9. The average Bonchev–Trinajstić information content (AvgIpc) is 2.99. The van der Waals surface area contributed by atoms with Crippen LogP contribution in [0.1, 0.15) is 40.9 Å². The molecule has 4 aromatic carbocycles. The monoisotopic (exact) mass is 521 g/mol. The van der Waals surface area contributed by atoms with E-state index >= 15 is 0 Å². The summed E-state index contributed by atoms with van der Waals surface area (Å²) in [5.74, 6) is -0.248. The van der Waals surface area contributed by atoms with E-state index in [0.29, 0.717) is 25.1 Å². The summed E-state index contributed by atoms with van der Waals surface area (Å²) in [6.07, 6.45) is 0.386. The van der Waals surface area contributed by atoms with E-state index in [4.69, 9.17) is 4.74 Å². The summed E-state index contributed by atoms with van der Waals surface area (Å²) >= 11 is 0. The zero-order valence-corrected chi connectivity index (χ0v) is 22.4. The maximum atomic E-state index is 13.2. The highest BCUT2D eigenvalue weighted by Gasteiger charge is 2.20. The third-order valence-corrected chi connectivity index (χ3v) is 7.36. The summed E-state index contributed by atoms with van der Waals surface area (Å²) < 4.78 is 5.41. The lowest BCUT2D eigenvalue weighted by Crippen LogP contribution is -2.47. The summed E-state index contributed by atoms with van der Waals surface area (Å²) in [4.78, 5) is 29.9. The van der Waals surface area contributed by atoms with Crippen molar-refractivity contribution >= 4 is 28.3 Å². The van der Waals surface area contributed by atoms with Crippen LogP contribution < -0.4 is 10.2 Å². The fourth-order valence-corrected chi connectivity index (χ4v) is 5.12. The molecule has 6 nitrogen and oxygen atoms in total. The number of hydrogen-bond donors (Lipinski definition) is 1. The van der Waals surface area contributed by atoms with Crippen molar-refractivity contribution in [3.63, 3.8) is 0 Å². The van der Waals surface area contributed by atoms with Crippen molar-refractivity contribution in [2.75, 3.05) is 37.6 Å². The molecule has 1 amide bonds. The summed E-state index contributed by atoms with van der Waals surface area (Å²) in [6.45, 7) is 6.45. The largest absolute Gasteiger partial charge is 0.461 e. The number of carbonyl (C=O) groups excluding carboxylic acids is 2. The molecule has 1 aliphatic heterocycles. The Kier molecular flexibility index (Phi) is 8.54. The first-order valence-electron chi connectivity index (χ1n) is 13.6. The van der Waals surface area contributed by atoms with E-state index in [0.717, 1.165) is 48.4 Å². The Morgan fingerprint density at radius 3 is 2.38 bits per heavy atom. The second-order valence-corrected chi connectivity index (χ2v) is 10.0. The average molecular weight is 522 g/mol. The van der Waals surface area contributed by atoms with Crippen molar-refractivity contribution in [2.45, 2.75) is 26.0 Å². The van der Waals surface area contributed by atoms with Gasteiger partial charge in [0.15, 0.2) is 0 Å². The molecule has 6 heteroatoms. The molecule has 1 fully saturated rings. The predicted octanol–water partition coefficient (Wildman–Crippen LogP) is 5.59. The summed E-state index contributed by atoms with van der Waals surface area (Å²) in [5.41, 5.74) is 3.81. The van der Waals surface area contributed by atoms with Gasteiger partial charge in [-0.25, -0.2) is 0 Å². The van der Waals surface area contributed by atoms with Crippen LogP contribution in [0.25, 0.3) is 10.8 Å². The van der Waals surface area contributed by atoms with Gasteiger partial charge in [0.1, 0.15) is 6.61 Å². The Morgan fingerprint density at radius 1 is 0.846 bits per heavy atom. The fourth-order valence-electron chi connectivity index (χ4n) is 5.12. The first kappa shape index (κ1) is 26.4. The number of esters is 1. The molecule has 0 aromatic heterocycles. The van der Waals surface area contributed by atoms with Gasteiger partial charge >= 0.3 is 5.97 Å². The number of carbonyl (C=O) groups is 2. The van der Waals surface area contributed by atoms with Crippen LogP contribution in [0.4, 0.5) is 5.69 Å². The van der Waals surface area contributed by atoms with E-state index in [2.05, 4.69) is 45.4 Å². The van der Waals surface area contributed by atoms with E-state index < -0.39 is 0 Å². The highest BCUT2D eigenvalue weighted by Crippen LogP contribution is 2.25. The number of hydrogen-bond acceptors (Lipinski definition) is 5. The minimum Gasteiger partial charge on any atom is -0.461 e. The van der Waals surface area contributed by atoms with Crippen molar-refractivity contribution in [1.82, 2.24) is 10.2 Å². The number of amides is 1. The van der Waals surface area contributed by atoms with Crippen LogP contribution >= 0.6 is 0 Å². The number of anilines is 1. The van der Waals surface area contributed by atoms with Crippen LogP contribution in [0.5, 0.6) is 0 Å². The minimum atomic E-state index is -0.169. The first-order valence-corrected chi connectivity index (χ1v) is 13.6. The van der Waals surface area contributed by atoms with Crippen LogP contribution in [0.15, 0.2) is 97.1 Å². The van der Waals surface area contributed by atoms with Crippen molar-refractivity contribution in [2.24, 2.45) is 0 Å².